The Hall–Kier alpha value is -3.77. The van der Waals surface area contributed by atoms with Gasteiger partial charge in [-0.2, -0.15) is 0 Å². The number of halogens is 4. The molecule has 20 heteroatoms. The van der Waals surface area contributed by atoms with Crippen molar-refractivity contribution in [2.45, 2.75) is 96.6 Å². The molecule has 0 spiro atoms. The normalized spacial score (nSPS) is 16.5. The fourth-order valence-corrected chi connectivity index (χ4v) is 9.42. The summed E-state index contributed by atoms with van der Waals surface area (Å²) in [5.74, 6) is 1.60. The number of amides is 1. The smallest absolute Gasteiger partial charge is 0.408 e. The van der Waals surface area contributed by atoms with Gasteiger partial charge < -0.3 is 25.6 Å². The Balaban J connectivity index is 0.000000184. The summed E-state index contributed by atoms with van der Waals surface area (Å²) in [6.07, 6.45) is 9.92. The highest BCUT2D eigenvalue weighted by molar-refractivity contribution is 8.00. The molecule has 0 bridgehead atoms. The third-order valence-electron chi connectivity index (χ3n) is 9.97. The number of nitrogens with two attached hydrogens (primary N) is 1. The van der Waals surface area contributed by atoms with Gasteiger partial charge in [0.1, 0.15) is 18.3 Å². The molecule has 2 fully saturated rings. The maximum absolute atomic E-state index is 12.3. The summed E-state index contributed by atoms with van der Waals surface area (Å²) in [5.41, 5.74) is 6.71. The summed E-state index contributed by atoms with van der Waals surface area (Å²) in [6, 6.07) is 11.1. The van der Waals surface area contributed by atoms with Crippen molar-refractivity contribution in [2.24, 2.45) is 5.73 Å². The van der Waals surface area contributed by atoms with Gasteiger partial charge in [0, 0.05) is 59.4 Å². The number of aromatic nitrogens is 8. The Kier molecular flexibility index (Phi) is 13.0. The van der Waals surface area contributed by atoms with Gasteiger partial charge in [-0.25, -0.2) is 23.6 Å². The number of rotatable bonds is 7. The highest BCUT2D eigenvalue weighted by atomic mass is 35.5. The lowest BCUT2D eigenvalue weighted by Crippen LogP contribution is -2.54. The van der Waals surface area contributed by atoms with Gasteiger partial charge in [0.15, 0.2) is 11.3 Å². The molecule has 3 N–H and O–H groups in total. The average Bonchev–Trinajstić information content (AvgIpc) is 3.88. The summed E-state index contributed by atoms with van der Waals surface area (Å²) in [6.45, 7) is 12.9. The minimum absolute atomic E-state index is 0.109. The van der Waals surface area contributed by atoms with Gasteiger partial charge >= 0.3 is 6.09 Å². The molecule has 6 aromatic rings. The fourth-order valence-electron chi connectivity index (χ4n) is 6.64. The topological polar surface area (TPSA) is 157 Å². The van der Waals surface area contributed by atoms with Gasteiger partial charge in [-0.3, -0.25) is 0 Å². The number of nitrogens with one attached hydrogen (secondary N) is 1. The Bertz CT molecular complexity index is 2460. The number of carbonyl (C=O) groups excluding carboxylic acids is 1. The quantitative estimate of drug-likeness (QED) is 0.156. The van der Waals surface area contributed by atoms with Crippen molar-refractivity contribution in [3.05, 3.63) is 81.5 Å². The van der Waals surface area contributed by atoms with Gasteiger partial charge in [0.25, 0.3) is 0 Å². The number of piperidine rings is 2. The number of hydrogen-bond donors (Lipinski definition) is 2. The Morgan fingerprint density at radius 2 is 1.17 bits per heavy atom. The van der Waals surface area contributed by atoms with Crippen molar-refractivity contribution in [3.8, 4) is 0 Å². The Labute approximate surface area is 370 Å². The minimum Gasteiger partial charge on any atom is -0.444 e. The van der Waals surface area contributed by atoms with Crippen LogP contribution in [0.3, 0.4) is 0 Å². The van der Waals surface area contributed by atoms with Gasteiger partial charge in [0.2, 0.25) is 11.9 Å². The first-order chi connectivity index (χ1) is 28.0. The van der Waals surface area contributed by atoms with Crippen molar-refractivity contribution >= 4 is 99.2 Å². The van der Waals surface area contributed by atoms with Crippen LogP contribution < -0.4 is 20.9 Å². The maximum Gasteiger partial charge on any atom is 0.408 e. The molecule has 2 saturated heterocycles. The molecule has 6 heterocycles. The fraction of sp³-hybridized carbons (Fsp3) is 0.410. The zero-order valence-electron chi connectivity index (χ0n) is 33.1. The van der Waals surface area contributed by atoms with Crippen molar-refractivity contribution < 1.29 is 9.53 Å². The summed E-state index contributed by atoms with van der Waals surface area (Å²) in [5, 5.41) is 21.8. The van der Waals surface area contributed by atoms with E-state index >= 15 is 0 Å². The first kappa shape index (κ1) is 43.3. The third-order valence-corrected chi connectivity index (χ3v) is 14.0. The maximum atomic E-state index is 12.3. The molecule has 2 aromatic carbocycles. The van der Waals surface area contributed by atoms with Crippen LogP contribution in [0.5, 0.6) is 0 Å². The number of carbonyl (C=O) groups is 1. The number of ether oxygens (including phenoxy) is 1. The minimum atomic E-state index is -0.528. The molecule has 14 nitrogen and oxygen atoms in total. The van der Waals surface area contributed by atoms with Crippen LogP contribution in [0.2, 0.25) is 20.1 Å². The molecule has 0 radical (unpaired) electrons. The van der Waals surface area contributed by atoms with Crippen molar-refractivity contribution in [2.75, 3.05) is 36.0 Å². The summed E-state index contributed by atoms with van der Waals surface area (Å²) < 4.78 is 9.22. The molecule has 0 unspecified atom stereocenters. The lowest BCUT2D eigenvalue weighted by molar-refractivity contribution is 0.0448. The number of alkyl carbamates (subject to hydrolysis) is 1. The van der Waals surface area contributed by atoms with Gasteiger partial charge in [0.05, 0.1) is 29.9 Å². The largest absolute Gasteiger partial charge is 0.444 e. The molecule has 2 aliphatic rings. The first-order valence-electron chi connectivity index (χ1n) is 18.9. The van der Waals surface area contributed by atoms with Crippen LogP contribution in [-0.4, -0.2) is 88.1 Å². The highest BCUT2D eigenvalue weighted by Crippen LogP contribution is 2.40. The van der Waals surface area contributed by atoms with Crippen LogP contribution >= 0.6 is 69.9 Å². The van der Waals surface area contributed by atoms with Crippen molar-refractivity contribution in [1.29, 1.82) is 0 Å². The molecule has 4 aromatic heterocycles. The van der Waals surface area contributed by atoms with Crippen molar-refractivity contribution in [3.63, 3.8) is 0 Å². The van der Waals surface area contributed by atoms with Crippen molar-refractivity contribution in [1.82, 2.24) is 44.5 Å². The molecule has 8 rings (SSSR count). The predicted octanol–water partition coefficient (Wildman–Crippen LogP) is 9.37. The first-order valence-corrected chi connectivity index (χ1v) is 22.0. The van der Waals surface area contributed by atoms with Gasteiger partial charge in [-0.1, -0.05) is 82.1 Å². The molecule has 312 valence electrons. The SMILES string of the molecule is CC1(N)CCN(c2ncc(Sc3cccc(Cl)c3Cl)c3nncn23)CC1.CC1(NC(=O)OC(C)(C)C)CCN(c2ncc(Sc3cccc(Cl)c3Cl)c3nncn23)CC1. The monoisotopic (exact) mass is 916 g/mol. The van der Waals surface area contributed by atoms with Crippen LogP contribution in [0, 0.1) is 0 Å². The van der Waals surface area contributed by atoms with E-state index in [0.29, 0.717) is 25.7 Å². The van der Waals surface area contributed by atoms with Gasteiger partial charge in [-0.15, -0.1) is 20.4 Å². The number of hydrogen-bond acceptors (Lipinski definition) is 13. The van der Waals surface area contributed by atoms with E-state index in [1.807, 2.05) is 67.0 Å². The van der Waals surface area contributed by atoms with E-state index in [1.165, 1.54) is 23.5 Å². The summed E-state index contributed by atoms with van der Waals surface area (Å²) in [7, 11) is 0. The standard InChI is InChI=1S/C22H26Cl2N6O2S.C17H18Cl2N6S/c1-21(2,3)32-20(31)27-22(4)8-10-29(11-9-22)19-25-12-16(18-28-26-13-30(18)19)33-15-7-5-6-14(23)17(15)24;1-17(20)5-7-24(8-6-17)16-21-9-13(15-23-22-10-25(15)16)26-12-4-2-3-11(18)14(12)19/h5-7,12-13H,8-11H2,1-4H3,(H,27,31);2-4,9-10H,5-8,20H2,1H3. The second-order valence-electron chi connectivity index (χ2n) is 16.0. The van der Waals surface area contributed by atoms with E-state index in [4.69, 9.17) is 61.9 Å². The van der Waals surface area contributed by atoms with Crippen LogP contribution in [0.25, 0.3) is 11.3 Å². The van der Waals surface area contributed by atoms with Crippen LogP contribution in [0.4, 0.5) is 16.7 Å². The molecular weight excluding hydrogens is 874 g/mol. The highest BCUT2D eigenvalue weighted by Gasteiger charge is 2.34. The van der Waals surface area contributed by atoms with Crippen LogP contribution in [-0.2, 0) is 4.74 Å². The number of benzene rings is 2. The zero-order valence-corrected chi connectivity index (χ0v) is 37.8. The molecule has 0 saturated carbocycles. The average molecular weight is 919 g/mol. The summed E-state index contributed by atoms with van der Waals surface area (Å²) in [4.78, 5) is 29.4. The molecule has 59 heavy (non-hydrogen) atoms. The lowest BCUT2D eigenvalue weighted by atomic mass is 9.90. The second kappa shape index (κ2) is 17.7. The Morgan fingerprint density at radius 3 is 1.61 bits per heavy atom. The number of fused-ring (bicyclic) bond motifs is 2. The molecular formula is C39H44Cl4N12O2S2. The van der Waals surface area contributed by atoms with E-state index < -0.39 is 5.60 Å². The molecule has 2 aliphatic heterocycles. The number of nitrogens with zero attached hydrogens (tertiary/aromatic N) is 10. The van der Waals surface area contributed by atoms with Gasteiger partial charge in [-0.05, 0) is 84.6 Å². The summed E-state index contributed by atoms with van der Waals surface area (Å²) >= 11 is 27.9. The molecule has 1 amide bonds. The predicted molar refractivity (Wildman–Crippen MR) is 236 cm³/mol. The van der Waals surface area contributed by atoms with Crippen LogP contribution in [0.1, 0.15) is 60.3 Å². The van der Waals surface area contributed by atoms with E-state index in [2.05, 4.69) is 47.4 Å². The van der Waals surface area contributed by atoms with E-state index in [-0.39, 0.29) is 17.2 Å². The Morgan fingerprint density at radius 1 is 0.729 bits per heavy atom. The molecule has 0 atom stereocenters. The van der Waals surface area contributed by atoms with Crippen LogP contribution in [0.15, 0.2) is 81.0 Å². The second-order valence-corrected chi connectivity index (χ2v) is 19.8. The molecule has 0 aliphatic carbocycles. The van der Waals surface area contributed by atoms with E-state index in [1.54, 1.807) is 31.0 Å². The van der Waals surface area contributed by atoms with E-state index in [9.17, 15) is 4.79 Å². The number of anilines is 2. The zero-order chi connectivity index (χ0) is 42.1. The van der Waals surface area contributed by atoms with E-state index in [0.717, 1.165) is 89.0 Å². The third kappa shape index (κ3) is 10.2. The lowest BCUT2D eigenvalue weighted by Gasteiger charge is -2.40.